The van der Waals surface area contributed by atoms with Crippen LogP contribution in [0.1, 0.15) is 11.1 Å². The molecule has 16 heavy (non-hydrogen) atoms. The molecule has 0 unspecified atom stereocenters. The first-order valence-electron chi connectivity index (χ1n) is 5.07. The summed E-state index contributed by atoms with van der Waals surface area (Å²) in [7, 11) is 0. The van der Waals surface area contributed by atoms with Crippen LogP contribution in [0, 0.1) is 18.3 Å². The average Bonchev–Trinajstić information content (AvgIpc) is 2.29. The Morgan fingerprint density at radius 1 is 1.06 bits per heavy atom. The zero-order valence-electron chi connectivity index (χ0n) is 9.07. The van der Waals surface area contributed by atoms with E-state index in [0.717, 1.165) is 22.4 Å². The number of aryl methyl sites for hydroxylation is 1. The Morgan fingerprint density at radius 2 is 1.75 bits per heavy atom. The largest absolute Gasteiger partial charge is 0.399 e. The number of hydrogen-bond acceptors (Lipinski definition) is 2. The highest BCUT2D eigenvalue weighted by atomic mass is 14.5. The van der Waals surface area contributed by atoms with Gasteiger partial charge in [0.25, 0.3) is 0 Å². The molecule has 2 nitrogen and oxygen atoms in total. The van der Waals surface area contributed by atoms with Crippen LogP contribution in [-0.4, -0.2) is 0 Å². The van der Waals surface area contributed by atoms with Gasteiger partial charge in [0.15, 0.2) is 0 Å². The standard InChI is InChI=1S/C14H12N2/c1-10-8-13(16)6-7-14(10)12-4-2-11(9-15)3-5-12/h2-8H,16H2,1H3. The van der Waals surface area contributed by atoms with Crippen LogP contribution in [-0.2, 0) is 0 Å². The molecule has 2 heteroatoms. The topological polar surface area (TPSA) is 49.8 Å². The maximum absolute atomic E-state index is 8.72. The zero-order chi connectivity index (χ0) is 11.5. The van der Waals surface area contributed by atoms with Crippen molar-refractivity contribution >= 4 is 5.69 Å². The van der Waals surface area contributed by atoms with Crippen LogP contribution < -0.4 is 5.73 Å². The maximum atomic E-state index is 8.72. The van der Waals surface area contributed by atoms with Gasteiger partial charge in [-0.15, -0.1) is 0 Å². The Labute approximate surface area is 95.0 Å². The fraction of sp³-hybridized carbons (Fsp3) is 0.0714. The molecule has 0 radical (unpaired) electrons. The van der Waals surface area contributed by atoms with Crippen molar-refractivity contribution in [3.05, 3.63) is 53.6 Å². The third kappa shape index (κ3) is 1.89. The smallest absolute Gasteiger partial charge is 0.0991 e. The highest BCUT2D eigenvalue weighted by molar-refractivity contribution is 5.70. The fourth-order valence-electron chi connectivity index (χ4n) is 1.74. The maximum Gasteiger partial charge on any atom is 0.0991 e. The summed E-state index contributed by atoms with van der Waals surface area (Å²) in [5, 5.41) is 8.72. The first-order chi connectivity index (χ1) is 7.70. The molecule has 78 valence electrons. The SMILES string of the molecule is Cc1cc(N)ccc1-c1ccc(C#N)cc1. The quantitative estimate of drug-likeness (QED) is 0.732. The molecule has 2 aromatic rings. The monoisotopic (exact) mass is 208 g/mol. The van der Waals surface area contributed by atoms with E-state index in [1.165, 1.54) is 0 Å². The van der Waals surface area contributed by atoms with Crippen molar-refractivity contribution < 1.29 is 0 Å². The van der Waals surface area contributed by atoms with E-state index in [2.05, 4.69) is 6.07 Å². The van der Waals surface area contributed by atoms with Crippen LogP contribution in [0.4, 0.5) is 5.69 Å². The van der Waals surface area contributed by atoms with Crippen molar-refractivity contribution in [2.45, 2.75) is 6.92 Å². The molecule has 0 fully saturated rings. The van der Waals surface area contributed by atoms with Crippen molar-refractivity contribution in [1.29, 1.82) is 5.26 Å². The molecule has 2 rings (SSSR count). The van der Waals surface area contributed by atoms with Gasteiger partial charge < -0.3 is 5.73 Å². The minimum Gasteiger partial charge on any atom is -0.399 e. The Hall–Kier alpha value is -2.27. The van der Waals surface area contributed by atoms with Crippen LogP contribution in [0.25, 0.3) is 11.1 Å². The Kier molecular flexibility index (Phi) is 2.61. The molecular formula is C14H12N2. The van der Waals surface area contributed by atoms with Gasteiger partial charge in [-0.25, -0.2) is 0 Å². The van der Waals surface area contributed by atoms with Crippen molar-refractivity contribution in [2.24, 2.45) is 0 Å². The van der Waals surface area contributed by atoms with Crippen LogP contribution in [0.2, 0.25) is 0 Å². The lowest BCUT2D eigenvalue weighted by Gasteiger charge is -2.06. The normalized spacial score (nSPS) is 9.75. The number of anilines is 1. The van der Waals surface area contributed by atoms with Gasteiger partial charge in [-0.05, 0) is 47.9 Å². The molecule has 0 amide bonds. The second kappa shape index (κ2) is 4.08. The molecule has 0 spiro atoms. The van der Waals surface area contributed by atoms with Crippen molar-refractivity contribution in [3.63, 3.8) is 0 Å². The summed E-state index contributed by atoms with van der Waals surface area (Å²) in [6, 6.07) is 15.5. The van der Waals surface area contributed by atoms with E-state index in [1.807, 2.05) is 49.4 Å². The van der Waals surface area contributed by atoms with Gasteiger partial charge in [-0.1, -0.05) is 18.2 Å². The molecule has 0 aliphatic heterocycles. The molecule has 0 bridgehead atoms. The minimum atomic E-state index is 0.678. The van der Waals surface area contributed by atoms with E-state index in [4.69, 9.17) is 11.0 Å². The predicted molar refractivity (Wildman–Crippen MR) is 65.7 cm³/mol. The van der Waals surface area contributed by atoms with E-state index in [-0.39, 0.29) is 0 Å². The van der Waals surface area contributed by atoms with Crippen molar-refractivity contribution in [2.75, 3.05) is 5.73 Å². The van der Waals surface area contributed by atoms with Gasteiger partial charge in [-0.2, -0.15) is 5.26 Å². The average molecular weight is 208 g/mol. The summed E-state index contributed by atoms with van der Waals surface area (Å²) in [6.07, 6.45) is 0. The van der Waals surface area contributed by atoms with Gasteiger partial charge in [0.2, 0.25) is 0 Å². The number of nitrogen functional groups attached to an aromatic ring is 1. The Balaban J connectivity index is 2.47. The number of hydrogen-bond donors (Lipinski definition) is 1. The molecule has 0 aromatic heterocycles. The lowest BCUT2D eigenvalue weighted by Crippen LogP contribution is -1.88. The molecule has 2 N–H and O–H groups in total. The number of rotatable bonds is 1. The third-order valence-corrected chi connectivity index (χ3v) is 2.58. The number of nitrogens with two attached hydrogens (primary N) is 1. The van der Waals surface area contributed by atoms with Crippen LogP contribution in [0.5, 0.6) is 0 Å². The molecule has 0 saturated heterocycles. The number of nitrogens with zero attached hydrogens (tertiary/aromatic N) is 1. The van der Waals surface area contributed by atoms with Crippen LogP contribution >= 0.6 is 0 Å². The van der Waals surface area contributed by atoms with E-state index in [0.29, 0.717) is 5.56 Å². The zero-order valence-corrected chi connectivity index (χ0v) is 9.07. The van der Waals surface area contributed by atoms with E-state index in [9.17, 15) is 0 Å². The summed E-state index contributed by atoms with van der Waals surface area (Å²) in [5.74, 6) is 0. The molecule has 2 aromatic carbocycles. The molecular weight excluding hydrogens is 196 g/mol. The second-order valence-corrected chi connectivity index (χ2v) is 3.76. The number of benzene rings is 2. The lowest BCUT2D eigenvalue weighted by atomic mass is 9.99. The third-order valence-electron chi connectivity index (χ3n) is 2.58. The van der Waals surface area contributed by atoms with Gasteiger partial charge in [0, 0.05) is 5.69 Å². The summed E-state index contributed by atoms with van der Waals surface area (Å²) < 4.78 is 0. The van der Waals surface area contributed by atoms with E-state index in [1.54, 1.807) is 0 Å². The highest BCUT2D eigenvalue weighted by Crippen LogP contribution is 2.25. The van der Waals surface area contributed by atoms with E-state index >= 15 is 0 Å². The van der Waals surface area contributed by atoms with Gasteiger partial charge in [-0.3, -0.25) is 0 Å². The van der Waals surface area contributed by atoms with E-state index < -0.39 is 0 Å². The Morgan fingerprint density at radius 3 is 2.31 bits per heavy atom. The van der Waals surface area contributed by atoms with Gasteiger partial charge >= 0.3 is 0 Å². The Bertz CT molecular complexity index is 548. The molecule has 0 atom stereocenters. The first-order valence-corrected chi connectivity index (χ1v) is 5.07. The summed E-state index contributed by atoms with van der Waals surface area (Å²) in [5.41, 5.74) is 10.6. The van der Waals surface area contributed by atoms with Gasteiger partial charge in [0.05, 0.1) is 11.6 Å². The molecule has 0 aliphatic rings. The fourth-order valence-corrected chi connectivity index (χ4v) is 1.74. The molecule has 0 aliphatic carbocycles. The van der Waals surface area contributed by atoms with Crippen molar-refractivity contribution in [3.8, 4) is 17.2 Å². The predicted octanol–water partition coefficient (Wildman–Crippen LogP) is 3.12. The highest BCUT2D eigenvalue weighted by Gasteiger charge is 2.01. The lowest BCUT2D eigenvalue weighted by molar-refractivity contribution is 1.45. The summed E-state index contributed by atoms with van der Waals surface area (Å²) in [4.78, 5) is 0. The first kappa shape index (κ1) is 10.3. The summed E-state index contributed by atoms with van der Waals surface area (Å²) in [6.45, 7) is 2.03. The second-order valence-electron chi connectivity index (χ2n) is 3.76. The summed E-state index contributed by atoms with van der Waals surface area (Å²) >= 11 is 0. The molecule has 0 saturated carbocycles. The van der Waals surface area contributed by atoms with Crippen LogP contribution in [0.3, 0.4) is 0 Å². The number of nitriles is 1. The van der Waals surface area contributed by atoms with Gasteiger partial charge in [0.1, 0.15) is 0 Å². The van der Waals surface area contributed by atoms with Crippen molar-refractivity contribution in [1.82, 2.24) is 0 Å². The molecule has 0 heterocycles. The van der Waals surface area contributed by atoms with Crippen LogP contribution in [0.15, 0.2) is 42.5 Å². The minimum absolute atomic E-state index is 0.678.